The van der Waals surface area contributed by atoms with Crippen LogP contribution in [0, 0.1) is 10.7 Å². The zero-order valence-corrected chi connectivity index (χ0v) is 11.5. The van der Waals surface area contributed by atoms with Gasteiger partial charge in [0.1, 0.15) is 11.2 Å². The lowest BCUT2D eigenvalue weighted by Gasteiger charge is -2.19. The molecule has 0 saturated carbocycles. The number of thioether (sulfide) groups is 1. The molecule has 1 rings (SSSR count). The lowest BCUT2D eigenvalue weighted by Crippen LogP contribution is -2.10. The van der Waals surface area contributed by atoms with Crippen molar-refractivity contribution in [3.63, 3.8) is 0 Å². The molecule has 0 atom stereocenters. The van der Waals surface area contributed by atoms with Gasteiger partial charge >= 0.3 is 0 Å². The van der Waals surface area contributed by atoms with Crippen LogP contribution in [0.15, 0.2) is 24.3 Å². The molecule has 0 aliphatic rings. The molecule has 0 radical (unpaired) electrons. The molecule has 1 aromatic rings. The third kappa shape index (κ3) is 5.14. The molecule has 0 fully saturated rings. The molecule has 2 nitrogen and oxygen atoms in total. The fourth-order valence-corrected chi connectivity index (χ4v) is 1.77. The Morgan fingerprint density at radius 1 is 1.24 bits per heavy atom. The zero-order valence-electron chi connectivity index (χ0n) is 10.7. The van der Waals surface area contributed by atoms with Gasteiger partial charge in [0.2, 0.25) is 0 Å². The number of hydrogen-bond acceptors (Lipinski definition) is 3. The van der Waals surface area contributed by atoms with Crippen LogP contribution in [0.4, 0.5) is 0 Å². The Morgan fingerprint density at radius 2 is 1.88 bits per heavy atom. The van der Waals surface area contributed by atoms with Gasteiger partial charge in [-0.3, -0.25) is 0 Å². The Kier molecular flexibility index (Phi) is 5.37. The first-order valence-corrected chi connectivity index (χ1v) is 6.77. The first-order valence-electron chi connectivity index (χ1n) is 5.78. The van der Waals surface area contributed by atoms with Crippen LogP contribution in [-0.2, 0) is 5.41 Å². The van der Waals surface area contributed by atoms with Crippen LogP contribution in [0.25, 0.3) is 0 Å². The lowest BCUT2D eigenvalue weighted by atomic mass is 9.87. The second kappa shape index (κ2) is 6.56. The predicted molar refractivity (Wildman–Crippen MR) is 73.3 cm³/mol. The predicted octanol–water partition coefficient (Wildman–Crippen LogP) is 3.97. The van der Waals surface area contributed by atoms with E-state index in [-0.39, 0.29) is 5.41 Å². The molecule has 0 amide bonds. The van der Waals surface area contributed by atoms with Crippen molar-refractivity contribution in [2.75, 3.05) is 12.4 Å². The minimum absolute atomic E-state index is 0.183. The number of nitriles is 1. The Balaban J connectivity index is 2.39. The summed E-state index contributed by atoms with van der Waals surface area (Å²) in [5.41, 5.74) is 1.49. The molecule has 0 heterocycles. The van der Waals surface area contributed by atoms with Crippen molar-refractivity contribution in [2.24, 2.45) is 0 Å². The molecule has 17 heavy (non-hydrogen) atoms. The van der Waals surface area contributed by atoms with Gasteiger partial charge in [-0.2, -0.15) is 5.26 Å². The van der Waals surface area contributed by atoms with Gasteiger partial charge in [-0.25, -0.2) is 0 Å². The fourth-order valence-electron chi connectivity index (χ4n) is 1.42. The maximum atomic E-state index is 8.36. The van der Waals surface area contributed by atoms with Gasteiger partial charge in [-0.1, -0.05) is 32.9 Å². The quantitative estimate of drug-likeness (QED) is 0.585. The number of hydrogen-bond donors (Lipinski definition) is 0. The smallest absolute Gasteiger partial charge is 0.133 e. The van der Waals surface area contributed by atoms with Gasteiger partial charge in [0, 0.05) is 5.75 Å². The Morgan fingerprint density at radius 3 is 2.41 bits per heavy atom. The molecule has 92 valence electrons. The van der Waals surface area contributed by atoms with E-state index in [2.05, 4.69) is 38.3 Å². The second-order valence-corrected chi connectivity index (χ2v) is 5.80. The molecule has 0 aliphatic carbocycles. The summed E-state index contributed by atoms with van der Waals surface area (Å²) in [6.07, 6.45) is 0.902. The third-order valence-electron chi connectivity index (χ3n) is 2.44. The molecule has 0 aromatic heterocycles. The molecule has 3 heteroatoms. The molecule has 0 spiro atoms. The first-order chi connectivity index (χ1) is 8.04. The maximum Gasteiger partial charge on any atom is 0.133 e. The Hall–Kier alpha value is -1.14. The van der Waals surface area contributed by atoms with Gasteiger partial charge in [-0.05, 0) is 41.3 Å². The molecule has 0 aliphatic heterocycles. The average Bonchev–Trinajstić information content (AvgIpc) is 2.28. The van der Waals surface area contributed by atoms with Crippen molar-refractivity contribution in [1.82, 2.24) is 0 Å². The van der Waals surface area contributed by atoms with E-state index in [9.17, 15) is 0 Å². The summed E-state index contributed by atoms with van der Waals surface area (Å²) in [5, 5.41) is 10.4. The minimum atomic E-state index is 0.183. The van der Waals surface area contributed by atoms with Crippen LogP contribution < -0.4 is 4.74 Å². The van der Waals surface area contributed by atoms with Crippen molar-refractivity contribution in [3.8, 4) is 11.2 Å². The summed E-state index contributed by atoms with van der Waals surface area (Å²) < 4.78 is 5.60. The molecule has 0 unspecified atom stereocenters. The maximum absolute atomic E-state index is 8.36. The van der Waals surface area contributed by atoms with Crippen LogP contribution in [0.1, 0.15) is 32.8 Å². The number of rotatable bonds is 5. The van der Waals surface area contributed by atoms with E-state index in [0.717, 1.165) is 17.9 Å². The highest BCUT2D eigenvalue weighted by Crippen LogP contribution is 2.24. The third-order valence-corrected chi connectivity index (χ3v) is 3.07. The fraction of sp³-hybridized carbons (Fsp3) is 0.500. The van der Waals surface area contributed by atoms with Crippen molar-refractivity contribution < 1.29 is 4.74 Å². The average molecular weight is 249 g/mol. The standard InChI is InChI=1S/C14H19NOS/c1-14(2,3)12-5-7-13(8-6-12)16-9-4-10-17-11-15/h5-8H,4,9-10H2,1-3H3. The largest absolute Gasteiger partial charge is 0.494 e. The summed E-state index contributed by atoms with van der Waals surface area (Å²) in [6, 6.07) is 8.24. The van der Waals surface area contributed by atoms with Crippen LogP contribution in [0.5, 0.6) is 5.75 Å². The summed E-state index contributed by atoms with van der Waals surface area (Å²) in [7, 11) is 0. The number of ether oxygens (including phenoxy) is 1. The molecular formula is C14H19NOS. The second-order valence-electron chi connectivity index (χ2n) is 4.92. The lowest BCUT2D eigenvalue weighted by molar-refractivity contribution is 0.318. The molecule has 0 bridgehead atoms. The van der Waals surface area contributed by atoms with E-state index in [1.807, 2.05) is 12.1 Å². The molecule has 1 aromatic carbocycles. The summed E-state index contributed by atoms with van der Waals surface area (Å²) in [6.45, 7) is 7.26. The molecule has 0 N–H and O–H groups in total. The monoisotopic (exact) mass is 249 g/mol. The van der Waals surface area contributed by atoms with E-state index >= 15 is 0 Å². The van der Waals surface area contributed by atoms with E-state index < -0.39 is 0 Å². The van der Waals surface area contributed by atoms with E-state index in [1.165, 1.54) is 17.3 Å². The SMILES string of the molecule is CC(C)(C)c1ccc(OCCCSC#N)cc1. The minimum Gasteiger partial charge on any atom is -0.494 e. The van der Waals surface area contributed by atoms with Crippen LogP contribution in [0.2, 0.25) is 0 Å². The van der Waals surface area contributed by atoms with E-state index in [4.69, 9.17) is 10.00 Å². The summed E-state index contributed by atoms with van der Waals surface area (Å²) in [4.78, 5) is 0. The van der Waals surface area contributed by atoms with Gasteiger partial charge in [0.05, 0.1) is 6.61 Å². The zero-order chi connectivity index (χ0) is 12.7. The normalized spacial score (nSPS) is 10.9. The van der Waals surface area contributed by atoms with Crippen LogP contribution in [-0.4, -0.2) is 12.4 Å². The Labute approximate surface area is 108 Å². The molecular weight excluding hydrogens is 230 g/mol. The number of thiocyanates is 1. The molecule has 0 saturated heterocycles. The number of benzene rings is 1. The van der Waals surface area contributed by atoms with E-state index in [1.54, 1.807) is 0 Å². The van der Waals surface area contributed by atoms with Gasteiger partial charge in [0.25, 0.3) is 0 Å². The van der Waals surface area contributed by atoms with Gasteiger partial charge in [0.15, 0.2) is 0 Å². The van der Waals surface area contributed by atoms with Gasteiger partial charge < -0.3 is 4.74 Å². The highest BCUT2D eigenvalue weighted by molar-refractivity contribution is 8.03. The van der Waals surface area contributed by atoms with E-state index in [0.29, 0.717) is 6.61 Å². The number of nitrogens with zero attached hydrogens (tertiary/aromatic N) is 1. The summed E-state index contributed by atoms with van der Waals surface area (Å²) in [5.74, 6) is 1.73. The topological polar surface area (TPSA) is 33.0 Å². The van der Waals surface area contributed by atoms with Crippen LogP contribution in [0.3, 0.4) is 0 Å². The van der Waals surface area contributed by atoms with Crippen molar-refractivity contribution in [3.05, 3.63) is 29.8 Å². The first kappa shape index (κ1) is 13.9. The highest BCUT2D eigenvalue weighted by atomic mass is 32.2. The van der Waals surface area contributed by atoms with Crippen molar-refractivity contribution in [1.29, 1.82) is 5.26 Å². The van der Waals surface area contributed by atoms with Crippen LogP contribution >= 0.6 is 11.8 Å². The Bertz CT molecular complexity index is 373. The highest BCUT2D eigenvalue weighted by Gasteiger charge is 2.12. The summed E-state index contributed by atoms with van der Waals surface area (Å²) >= 11 is 1.27. The van der Waals surface area contributed by atoms with Crippen molar-refractivity contribution >= 4 is 11.8 Å². The van der Waals surface area contributed by atoms with Crippen molar-refractivity contribution in [2.45, 2.75) is 32.6 Å². The van der Waals surface area contributed by atoms with Gasteiger partial charge in [-0.15, -0.1) is 0 Å².